The molecule has 2 unspecified atom stereocenters. The highest BCUT2D eigenvalue weighted by molar-refractivity contribution is 7.17. The van der Waals surface area contributed by atoms with Crippen LogP contribution in [0.3, 0.4) is 0 Å². The van der Waals surface area contributed by atoms with Gasteiger partial charge in [0, 0.05) is 33.3 Å². The minimum atomic E-state index is 0.0400. The van der Waals surface area contributed by atoms with E-state index in [9.17, 15) is 0 Å². The average molecular weight is 470 g/mol. The first-order valence-corrected chi connectivity index (χ1v) is 13.1. The number of ether oxygens (including phenoxy) is 1. The van der Waals surface area contributed by atoms with Crippen molar-refractivity contribution >= 4 is 43.4 Å². The van der Waals surface area contributed by atoms with Crippen LogP contribution < -0.4 is 4.74 Å². The van der Waals surface area contributed by atoms with Gasteiger partial charge in [-0.3, -0.25) is 4.98 Å². The number of furan rings is 1. The van der Waals surface area contributed by atoms with E-state index < -0.39 is 0 Å². The average Bonchev–Trinajstić information content (AvgIpc) is 3.47. The summed E-state index contributed by atoms with van der Waals surface area (Å²) in [5.74, 6) is 1.92. The predicted molar refractivity (Wildman–Crippen MR) is 143 cm³/mol. The van der Waals surface area contributed by atoms with E-state index in [1.807, 2.05) is 23.6 Å². The highest BCUT2D eigenvalue weighted by Gasteiger charge is 2.35. The summed E-state index contributed by atoms with van der Waals surface area (Å²) >= 11 is 1.82. The molecule has 0 spiro atoms. The van der Waals surface area contributed by atoms with Crippen molar-refractivity contribution in [3.05, 3.63) is 59.1 Å². The van der Waals surface area contributed by atoms with Gasteiger partial charge in [0.2, 0.25) is 0 Å². The van der Waals surface area contributed by atoms with Gasteiger partial charge in [0.05, 0.1) is 11.1 Å². The third-order valence-corrected chi connectivity index (χ3v) is 8.12. The molecule has 2 atom stereocenters. The number of benzene rings is 2. The smallest absolute Gasteiger partial charge is 0.139 e. The van der Waals surface area contributed by atoms with E-state index in [0.29, 0.717) is 11.8 Å². The molecule has 4 heterocycles. The Kier molecular flexibility index (Phi) is 4.83. The molecule has 0 fully saturated rings. The maximum Gasteiger partial charge on any atom is 0.139 e. The van der Waals surface area contributed by atoms with Gasteiger partial charge in [-0.25, -0.2) is 0 Å². The summed E-state index contributed by atoms with van der Waals surface area (Å²) in [5.41, 5.74) is 6.64. The third kappa shape index (κ3) is 3.26. The van der Waals surface area contributed by atoms with Crippen LogP contribution in [0.5, 0.6) is 5.75 Å². The first kappa shape index (κ1) is 21.7. The summed E-state index contributed by atoms with van der Waals surface area (Å²) in [5, 5.41) is 5.75. The Morgan fingerprint density at radius 2 is 1.82 bits per heavy atom. The van der Waals surface area contributed by atoms with Crippen molar-refractivity contribution in [3.63, 3.8) is 0 Å². The summed E-state index contributed by atoms with van der Waals surface area (Å²) in [4.78, 5) is 4.95. The van der Waals surface area contributed by atoms with Gasteiger partial charge in [-0.05, 0) is 77.4 Å². The second-order valence-electron chi connectivity index (χ2n) is 11.2. The Hall–Kier alpha value is -2.85. The molecule has 4 heteroatoms. The molecule has 34 heavy (non-hydrogen) atoms. The lowest BCUT2D eigenvalue weighted by Crippen LogP contribution is -2.15. The van der Waals surface area contributed by atoms with Crippen LogP contribution in [0.25, 0.3) is 43.3 Å². The van der Waals surface area contributed by atoms with Crippen LogP contribution in [0.4, 0.5) is 0 Å². The number of rotatable bonds is 3. The minimum Gasteiger partial charge on any atom is -0.490 e. The van der Waals surface area contributed by atoms with Crippen LogP contribution in [-0.2, 0) is 5.41 Å². The number of thiophene rings is 1. The Labute approximate surface area is 204 Å². The van der Waals surface area contributed by atoms with Crippen LogP contribution >= 0.6 is 11.3 Å². The van der Waals surface area contributed by atoms with E-state index in [1.54, 1.807) is 0 Å². The van der Waals surface area contributed by atoms with E-state index >= 15 is 0 Å². The molecular weight excluding hydrogens is 438 g/mol. The molecule has 3 aromatic heterocycles. The van der Waals surface area contributed by atoms with Gasteiger partial charge < -0.3 is 9.15 Å². The molecular formula is C30H31NO2S. The Balaban J connectivity index is 1.68. The zero-order chi connectivity index (χ0) is 23.8. The molecule has 5 aromatic rings. The SMILES string of the molecule is CC(C)CC1c2c(ccc3oc4ccnc(-c5cc(C(C)(C)C)c6sccc6c5)c4c23)OC1C. The number of hydrogen-bond acceptors (Lipinski definition) is 4. The number of aromatic nitrogens is 1. The van der Waals surface area contributed by atoms with Crippen molar-refractivity contribution in [2.75, 3.05) is 0 Å². The lowest BCUT2D eigenvalue weighted by Gasteiger charge is -2.21. The monoisotopic (exact) mass is 469 g/mol. The summed E-state index contributed by atoms with van der Waals surface area (Å²) in [6, 6.07) is 13.0. The second kappa shape index (κ2) is 7.58. The van der Waals surface area contributed by atoms with E-state index in [-0.39, 0.29) is 11.5 Å². The summed E-state index contributed by atoms with van der Waals surface area (Å²) < 4.78 is 14.1. The maximum absolute atomic E-state index is 6.40. The molecule has 0 amide bonds. The zero-order valence-corrected chi connectivity index (χ0v) is 21.5. The van der Waals surface area contributed by atoms with Crippen molar-refractivity contribution in [1.29, 1.82) is 0 Å². The van der Waals surface area contributed by atoms with Crippen molar-refractivity contribution in [2.45, 2.75) is 65.4 Å². The predicted octanol–water partition coefficient (Wildman–Crippen LogP) is 9.07. The molecule has 0 N–H and O–H groups in total. The van der Waals surface area contributed by atoms with Crippen LogP contribution in [0, 0.1) is 5.92 Å². The molecule has 0 saturated heterocycles. The van der Waals surface area contributed by atoms with Crippen molar-refractivity contribution in [3.8, 4) is 17.0 Å². The van der Waals surface area contributed by atoms with E-state index in [4.69, 9.17) is 14.1 Å². The number of nitrogens with zero attached hydrogens (tertiary/aromatic N) is 1. The molecule has 174 valence electrons. The number of pyridine rings is 1. The topological polar surface area (TPSA) is 35.3 Å². The van der Waals surface area contributed by atoms with Gasteiger partial charge in [-0.15, -0.1) is 11.3 Å². The van der Waals surface area contributed by atoms with E-state index in [0.717, 1.165) is 40.0 Å². The van der Waals surface area contributed by atoms with Gasteiger partial charge in [0.15, 0.2) is 0 Å². The summed E-state index contributed by atoms with van der Waals surface area (Å²) in [6.07, 6.45) is 3.12. The molecule has 0 radical (unpaired) electrons. The van der Waals surface area contributed by atoms with E-state index in [1.165, 1.54) is 26.6 Å². The standard InChI is InChI=1S/C30H31NO2S/c1-16(2)13-20-17(3)32-22-7-8-23-26(25(20)22)27-24(33-23)9-11-31-28(27)19-14-18-10-12-34-29(18)21(15-19)30(4,5)6/h7-12,14-17,20H,13H2,1-6H3. The van der Waals surface area contributed by atoms with Crippen molar-refractivity contribution in [1.82, 2.24) is 4.98 Å². The van der Waals surface area contributed by atoms with Gasteiger partial charge in [-0.1, -0.05) is 34.6 Å². The van der Waals surface area contributed by atoms with Gasteiger partial charge >= 0.3 is 0 Å². The highest BCUT2D eigenvalue weighted by atomic mass is 32.1. The number of hydrogen-bond donors (Lipinski definition) is 0. The Morgan fingerprint density at radius 1 is 1.03 bits per heavy atom. The van der Waals surface area contributed by atoms with Crippen molar-refractivity contribution in [2.24, 2.45) is 5.92 Å². The highest BCUT2D eigenvalue weighted by Crippen LogP contribution is 2.50. The third-order valence-electron chi connectivity index (χ3n) is 7.16. The summed E-state index contributed by atoms with van der Waals surface area (Å²) in [7, 11) is 0. The quantitative estimate of drug-likeness (QED) is 0.264. The van der Waals surface area contributed by atoms with Crippen LogP contribution in [-0.4, -0.2) is 11.1 Å². The molecule has 0 bridgehead atoms. The molecule has 0 aliphatic carbocycles. The zero-order valence-electron chi connectivity index (χ0n) is 20.7. The maximum atomic E-state index is 6.40. The lowest BCUT2D eigenvalue weighted by molar-refractivity contribution is 0.214. The first-order chi connectivity index (χ1) is 16.2. The van der Waals surface area contributed by atoms with Crippen molar-refractivity contribution < 1.29 is 9.15 Å². The molecule has 3 nitrogen and oxygen atoms in total. The molecule has 6 rings (SSSR count). The van der Waals surface area contributed by atoms with Crippen LogP contribution in [0.1, 0.15) is 65.0 Å². The van der Waals surface area contributed by atoms with Gasteiger partial charge in [0.1, 0.15) is 23.0 Å². The van der Waals surface area contributed by atoms with Crippen LogP contribution in [0.15, 0.2) is 52.4 Å². The fraction of sp³-hybridized carbons (Fsp3) is 0.367. The van der Waals surface area contributed by atoms with Gasteiger partial charge in [0.25, 0.3) is 0 Å². The Bertz CT molecular complexity index is 1550. The summed E-state index contributed by atoms with van der Waals surface area (Å²) in [6.45, 7) is 13.6. The normalized spacial score (nSPS) is 18.3. The van der Waals surface area contributed by atoms with E-state index in [2.05, 4.69) is 77.3 Å². The molecule has 1 aliphatic rings. The minimum absolute atomic E-state index is 0.0400. The fourth-order valence-corrected chi connectivity index (χ4v) is 6.72. The second-order valence-corrected chi connectivity index (χ2v) is 12.1. The first-order valence-electron chi connectivity index (χ1n) is 12.2. The largest absolute Gasteiger partial charge is 0.490 e. The fourth-order valence-electron chi connectivity index (χ4n) is 5.61. The lowest BCUT2D eigenvalue weighted by atomic mass is 9.84. The van der Waals surface area contributed by atoms with Crippen LogP contribution in [0.2, 0.25) is 0 Å². The van der Waals surface area contributed by atoms with Gasteiger partial charge in [-0.2, -0.15) is 0 Å². The molecule has 2 aromatic carbocycles. The number of fused-ring (bicyclic) bond motifs is 6. The Morgan fingerprint density at radius 3 is 2.59 bits per heavy atom. The molecule has 1 aliphatic heterocycles. The molecule has 0 saturated carbocycles.